The Kier molecular flexibility index (Phi) is 4.33. The van der Waals surface area contributed by atoms with E-state index in [9.17, 15) is 10.4 Å². The summed E-state index contributed by atoms with van der Waals surface area (Å²) in [6.45, 7) is 4.52. The van der Waals surface area contributed by atoms with Crippen molar-refractivity contribution in [3.63, 3.8) is 0 Å². The predicted octanol–water partition coefficient (Wildman–Crippen LogP) is 3.89. The molecule has 0 aliphatic heterocycles. The van der Waals surface area contributed by atoms with Crippen molar-refractivity contribution in [1.82, 2.24) is 0 Å². The van der Waals surface area contributed by atoms with Crippen LogP contribution < -0.4 is 0 Å². The molecule has 3 unspecified atom stereocenters. The quantitative estimate of drug-likeness (QED) is 0.806. The van der Waals surface area contributed by atoms with Crippen LogP contribution in [0.1, 0.15) is 65.2 Å². The summed E-state index contributed by atoms with van der Waals surface area (Å²) in [6, 6.07) is 2.51. The summed E-state index contributed by atoms with van der Waals surface area (Å²) in [5, 5.41) is 20.3. The second-order valence-corrected chi connectivity index (χ2v) is 6.93. The third-order valence-corrected chi connectivity index (χ3v) is 5.33. The van der Waals surface area contributed by atoms with Gasteiger partial charge in [0.1, 0.15) is 0 Å². The lowest BCUT2D eigenvalue weighted by molar-refractivity contribution is -0.0318. The highest BCUT2D eigenvalue weighted by Gasteiger charge is 2.45. The molecular weight excluding hydrogens is 222 g/mol. The zero-order valence-corrected chi connectivity index (χ0v) is 11.9. The summed E-state index contributed by atoms with van der Waals surface area (Å²) < 4.78 is 0. The van der Waals surface area contributed by atoms with Gasteiger partial charge in [-0.1, -0.05) is 39.5 Å². The Morgan fingerprint density at radius 1 is 1.11 bits per heavy atom. The van der Waals surface area contributed by atoms with Gasteiger partial charge in [-0.05, 0) is 43.4 Å². The molecule has 2 fully saturated rings. The van der Waals surface area contributed by atoms with Gasteiger partial charge < -0.3 is 5.11 Å². The van der Waals surface area contributed by atoms with Crippen LogP contribution in [0.15, 0.2) is 0 Å². The van der Waals surface area contributed by atoms with E-state index in [-0.39, 0.29) is 0 Å². The van der Waals surface area contributed by atoms with Crippen LogP contribution in [0.4, 0.5) is 0 Å². The lowest BCUT2D eigenvalue weighted by Crippen LogP contribution is -2.43. The molecule has 0 aromatic carbocycles. The Balaban J connectivity index is 2.05. The van der Waals surface area contributed by atoms with Crippen molar-refractivity contribution in [2.75, 3.05) is 0 Å². The zero-order valence-electron chi connectivity index (χ0n) is 11.9. The van der Waals surface area contributed by atoms with Gasteiger partial charge in [0.15, 0.2) is 0 Å². The summed E-state index contributed by atoms with van der Waals surface area (Å²) in [6.07, 6.45) is 8.40. The number of nitrogens with zero attached hydrogens (tertiary/aromatic N) is 1. The molecular formula is C16H27NO. The van der Waals surface area contributed by atoms with Gasteiger partial charge in [-0.3, -0.25) is 0 Å². The van der Waals surface area contributed by atoms with Crippen LogP contribution in [0.3, 0.4) is 0 Å². The molecule has 2 rings (SSSR count). The minimum Gasteiger partial charge on any atom is -0.391 e. The van der Waals surface area contributed by atoms with Gasteiger partial charge in [-0.2, -0.15) is 5.26 Å². The number of hydrogen-bond donors (Lipinski definition) is 1. The molecule has 0 bridgehead atoms. The number of hydrogen-bond acceptors (Lipinski definition) is 2. The topological polar surface area (TPSA) is 44.0 Å². The van der Waals surface area contributed by atoms with Crippen LogP contribution in [0.25, 0.3) is 0 Å². The normalized spacial score (nSPS) is 43.1. The number of aliphatic hydroxyl groups excluding tert-OH is 1. The summed E-state index contributed by atoms with van der Waals surface area (Å²) in [5.74, 6) is 1.76. The van der Waals surface area contributed by atoms with E-state index in [4.69, 9.17) is 0 Å². The third-order valence-electron chi connectivity index (χ3n) is 5.33. The fourth-order valence-corrected chi connectivity index (χ4v) is 4.08. The fourth-order valence-electron chi connectivity index (χ4n) is 4.08. The molecule has 2 saturated carbocycles. The van der Waals surface area contributed by atoms with Gasteiger partial charge in [0.25, 0.3) is 0 Å². The van der Waals surface area contributed by atoms with Gasteiger partial charge in [0, 0.05) is 0 Å². The Labute approximate surface area is 111 Å². The van der Waals surface area contributed by atoms with Gasteiger partial charge in [0.05, 0.1) is 17.6 Å². The predicted molar refractivity (Wildman–Crippen MR) is 72.8 cm³/mol. The molecule has 2 aliphatic rings. The third kappa shape index (κ3) is 2.72. The summed E-state index contributed by atoms with van der Waals surface area (Å²) in [4.78, 5) is 0. The molecule has 1 N–H and O–H groups in total. The van der Waals surface area contributed by atoms with E-state index in [0.29, 0.717) is 11.8 Å². The van der Waals surface area contributed by atoms with Crippen LogP contribution in [0.5, 0.6) is 0 Å². The van der Waals surface area contributed by atoms with E-state index in [1.807, 2.05) is 0 Å². The van der Waals surface area contributed by atoms with E-state index in [1.165, 1.54) is 19.3 Å². The van der Waals surface area contributed by atoms with Gasteiger partial charge in [-0.25, -0.2) is 0 Å². The molecule has 0 spiro atoms. The van der Waals surface area contributed by atoms with Crippen LogP contribution >= 0.6 is 0 Å². The van der Waals surface area contributed by atoms with Crippen molar-refractivity contribution >= 4 is 0 Å². The van der Waals surface area contributed by atoms with E-state index in [1.54, 1.807) is 0 Å². The highest BCUT2D eigenvalue weighted by atomic mass is 16.3. The molecule has 0 radical (unpaired) electrons. The molecule has 0 aromatic heterocycles. The van der Waals surface area contributed by atoms with E-state index in [2.05, 4.69) is 19.9 Å². The maximum Gasteiger partial charge on any atom is 0.0837 e. The monoisotopic (exact) mass is 249 g/mol. The Morgan fingerprint density at radius 3 is 2.33 bits per heavy atom. The van der Waals surface area contributed by atoms with Crippen LogP contribution in [-0.2, 0) is 0 Å². The molecule has 0 aromatic rings. The van der Waals surface area contributed by atoms with Gasteiger partial charge in [-0.15, -0.1) is 0 Å². The lowest BCUT2D eigenvalue weighted by atomic mass is 9.63. The Morgan fingerprint density at radius 2 is 1.78 bits per heavy atom. The zero-order chi connectivity index (χ0) is 13.2. The number of rotatable bonds is 2. The maximum atomic E-state index is 10.7. The molecule has 0 heterocycles. The molecule has 102 valence electrons. The fraction of sp³-hybridized carbons (Fsp3) is 0.938. The van der Waals surface area contributed by atoms with Crippen molar-refractivity contribution in [3.05, 3.63) is 0 Å². The van der Waals surface area contributed by atoms with Crippen molar-refractivity contribution in [2.24, 2.45) is 23.2 Å². The van der Waals surface area contributed by atoms with Crippen LogP contribution in [0, 0.1) is 34.5 Å². The minimum absolute atomic E-state index is 0.367. The molecule has 2 heteroatoms. The highest BCUT2D eigenvalue weighted by Crippen LogP contribution is 2.46. The largest absolute Gasteiger partial charge is 0.391 e. The molecule has 2 aliphatic carbocycles. The molecule has 3 atom stereocenters. The first-order valence-corrected chi connectivity index (χ1v) is 7.67. The average Bonchev–Trinajstić information content (AvgIpc) is 2.38. The van der Waals surface area contributed by atoms with Crippen molar-refractivity contribution in [1.29, 1.82) is 5.26 Å². The van der Waals surface area contributed by atoms with Gasteiger partial charge >= 0.3 is 0 Å². The van der Waals surface area contributed by atoms with Crippen molar-refractivity contribution in [3.8, 4) is 6.07 Å². The first-order chi connectivity index (χ1) is 8.57. The van der Waals surface area contributed by atoms with E-state index < -0.39 is 11.5 Å². The highest BCUT2D eigenvalue weighted by molar-refractivity contribution is 5.07. The maximum absolute atomic E-state index is 10.7. The first-order valence-electron chi connectivity index (χ1n) is 7.67. The van der Waals surface area contributed by atoms with Crippen LogP contribution in [-0.4, -0.2) is 11.2 Å². The molecule has 0 saturated heterocycles. The standard InChI is InChI=1S/C16H27NO/c1-12-5-7-14(8-6-12)15(18)16(11-17)9-3-4-13(2)10-16/h12-15,18H,3-10H2,1-2H3. The summed E-state index contributed by atoms with van der Waals surface area (Å²) in [5.41, 5.74) is -0.442. The second-order valence-electron chi connectivity index (χ2n) is 6.93. The van der Waals surface area contributed by atoms with Crippen LogP contribution in [0.2, 0.25) is 0 Å². The van der Waals surface area contributed by atoms with Crippen molar-refractivity contribution in [2.45, 2.75) is 71.3 Å². The SMILES string of the molecule is CC1CCC(C(O)C2(C#N)CCCC(C)C2)CC1. The number of aliphatic hydroxyl groups is 1. The number of nitriles is 1. The average molecular weight is 249 g/mol. The summed E-state index contributed by atoms with van der Waals surface area (Å²) in [7, 11) is 0. The van der Waals surface area contributed by atoms with Crippen molar-refractivity contribution < 1.29 is 5.11 Å². The first kappa shape index (κ1) is 13.9. The van der Waals surface area contributed by atoms with E-state index >= 15 is 0 Å². The smallest absolute Gasteiger partial charge is 0.0837 e. The second kappa shape index (κ2) is 5.61. The summed E-state index contributed by atoms with van der Waals surface area (Å²) >= 11 is 0. The molecule has 18 heavy (non-hydrogen) atoms. The van der Waals surface area contributed by atoms with E-state index in [0.717, 1.165) is 38.0 Å². The van der Waals surface area contributed by atoms with Gasteiger partial charge in [0.2, 0.25) is 0 Å². The minimum atomic E-state index is -0.442. The molecule has 2 nitrogen and oxygen atoms in total. The molecule has 0 amide bonds. The Hall–Kier alpha value is -0.550. The lowest BCUT2D eigenvalue weighted by Gasteiger charge is -2.42. The Bertz CT molecular complexity index is 314.